The Kier molecular flexibility index (Phi) is 6.04. The van der Waals surface area contributed by atoms with Gasteiger partial charge < -0.3 is 14.8 Å². The third-order valence-electron chi connectivity index (χ3n) is 3.21. The Hall–Kier alpha value is -1.20. The molecule has 0 atom stereocenters. The maximum atomic E-state index is 5.70. The summed E-state index contributed by atoms with van der Waals surface area (Å²) in [6, 6.07) is 0. The second kappa shape index (κ2) is 8.07. The van der Waals surface area contributed by atoms with E-state index < -0.39 is 0 Å². The molecule has 0 radical (unpaired) electrons. The van der Waals surface area contributed by atoms with Crippen molar-refractivity contribution in [1.82, 2.24) is 9.97 Å². The SMILES string of the molecule is CCCNc1cnc(COCC2CCOCC2)cn1. The average molecular weight is 265 g/mol. The van der Waals surface area contributed by atoms with Gasteiger partial charge >= 0.3 is 0 Å². The second-order valence-corrected chi connectivity index (χ2v) is 4.89. The molecule has 0 spiro atoms. The zero-order valence-corrected chi connectivity index (χ0v) is 11.6. The van der Waals surface area contributed by atoms with Crippen LogP contribution in [0.1, 0.15) is 31.9 Å². The highest BCUT2D eigenvalue weighted by molar-refractivity contribution is 5.30. The van der Waals surface area contributed by atoms with E-state index in [-0.39, 0.29) is 0 Å². The van der Waals surface area contributed by atoms with E-state index in [2.05, 4.69) is 22.2 Å². The number of nitrogens with one attached hydrogen (secondary N) is 1. The van der Waals surface area contributed by atoms with Crippen molar-refractivity contribution >= 4 is 5.82 Å². The zero-order valence-electron chi connectivity index (χ0n) is 11.6. The number of hydrogen-bond acceptors (Lipinski definition) is 5. The van der Waals surface area contributed by atoms with E-state index in [4.69, 9.17) is 9.47 Å². The van der Waals surface area contributed by atoms with E-state index >= 15 is 0 Å². The van der Waals surface area contributed by atoms with Gasteiger partial charge in [0.15, 0.2) is 0 Å². The number of aromatic nitrogens is 2. The van der Waals surface area contributed by atoms with Gasteiger partial charge in [0.1, 0.15) is 5.82 Å². The van der Waals surface area contributed by atoms with E-state index in [1.54, 1.807) is 12.4 Å². The van der Waals surface area contributed by atoms with Crippen LogP contribution in [0.2, 0.25) is 0 Å². The molecule has 0 unspecified atom stereocenters. The summed E-state index contributed by atoms with van der Waals surface area (Å²) in [4.78, 5) is 8.65. The lowest BCUT2D eigenvalue weighted by Crippen LogP contribution is -2.20. The summed E-state index contributed by atoms with van der Waals surface area (Å²) in [6.07, 6.45) is 6.83. The molecule has 1 aliphatic heterocycles. The van der Waals surface area contributed by atoms with Crippen molar-refractivity contribution in [2.75, 3.05) is 31.7 Å². The molecule has 5 nitrogen and oxygen atoms in total. The second-order valence-electron chi connectivity index (χ2n) is 4.89. The maximum Gasteiger partial charge on any atom is 0.144 e. The third kappa shape index (κ3) is 5.12. The predicted octanol–water partition coefficient (Wildman–Crippen LogP) is 2.24. The summed E-state index contributed by atoms with van der Waals surface area (Å²) < 4.78 is 11.0. The minimum Gasteiger partial charge on any atom is -0.381 e. The molecule has 0 aromatic carbocycles. The molecule has 2 rings (SSSR count). The first-order valence-corrected chi connectivity index (χ1v) is 7.08. The van der Waals surface area contributed by atoms with Crippen LogP contribution in [0, 0.1) is 5.92 Å². The average Bonchev–Trinajstić information content (AvgIpc) is 2.47. The van der Waals surface area contributed by atoms with Crippen LogP contribution >= 0.6 is 0 Å². The first-order chi connectivity index (χ1) is 9.38. The van der Waals surface area contributed by atoms with Crippen molar-refractivity contribution in [3.8, 4) is 0 Å². The Bertz CT molecular complexity index is 350. The first-order valence-electron chi connectivity index (χ1n) is 7.08. The fourth-order valence-corrected chi connectivity index (χ4v) is 2.02. The highest BCUT2D eigenvalue weighted by Crippen LogP contribution is 2.15. The molecule has 1 aliphatic rings. The molecule has 1 aromatic heterocycles. The molecule has 1 saturated heterocycles. The molecule has 0 saturated carbocycles. The Labute approximate surface area is 114 Å². The minimum absolute atomic E-state index is 0.540. The van der Waals surface area contributed by atoms with Crippen molar-refractivity contribution in [3.05, 3.63) is 18.1 Å². The van der Waals surface area contributed by atoms with Crippen molar-refractivity contribution < 1.29 is 9.47 Å². The summed E-state index contributed by atoms with van der Waals surface area (Å²) in [5, 5.41) is 3.20. The van der Waals surface area contributed by atoms with E-state index in [9.17, 15) is 0 Å². The smallest absolute Gasteiger partial charge is 0.144 e. The lowest BCUT2D eigenvalue weighted by molar-refractivity contribution is 0.0149. The van der Waals surface area contributed by atoms with E-state index in [0.29, 0.717) is 12.5 Å². The zero-order chi connectivity index (χ0) is 13.3. The predicted molar refractivity (Wildman–Crippen MR) is 74.0 cm³/mol. The number of hydrogen-bond donors (Lipinski definition) is 1. The van der Waals surface area contributed by atoms with Crippen LogP contribution in [0.3, 0.4) is 0 Å². The first kappa shape index (κ1) is 14.2. The van der Waals surface area contributed by atoms with E-state index in [1.165, 1.54) is 0 Å². The summed E-state index contributed by atoms with van der Waals surface area (Å²) >= 11 is 0. The van der Waals surface area contributed by atoms with Crippen molar-refractivity contribution in [2.45, 2.75) is 32.8 Å². The van der Waals surface area contributed by atoms with E-state index in [0.717, 1.165) is 57.1 Å². The molecule has 106 valence electrons. The molecule has 2 heterocycles. The van der Waals surface area contributed by atoms with Crippen LogP contribution in [0.4, 0.5) is 5.82 Å². The maximum absolute atomic E-state index is 5.70. The summed E-state index contributed by atoms with van der Waals surface area (Å²) in [6.45, 7) is 6.11. The van der Waals surface area contributed by atoms with Crippen LogP contribution in [0.15, 0.2) is 12.4 Å². The Morgan fingerprint density at radius 2 is 2.16 bits per heavy atom. The lowest BCUT2D eigenvalue weighted by atomic mass is 10.0. The van der Waals surface area contributed by atoms with Gasteiger partial charge in [0, 0.05) is 19.8 Å². The van der Waals surface area contributed by atoms with Crippen LogP contribution < -0.4 is 5.32 Å². The Balaban J connectivity index is 1.67. The fraction of sp³-hybridized carbons (Fsp3) is 0.714. The van der Waals surface area contributed by atoms with Gasteiger partial charge in [-0.3, -0.25) is 4.98 Å². The fourth-order valence-electron chi connectivity index (χ4n) is 2.02. The van der Waals surface area contributed by atoms with Crippen molar-refractivity contribution in [3.63, 3.8) is 0 Å². The largest absolute Gasteiger partial charge is 0.381 e. The number of ether oxygens (including phenoxy) is 2. The van der Waals surface area contributed by atoms with Gasteiger partial charge in [0.25, 0.3) is 0 Å². The van der Waals surface area contributed by atoms with Crippen LogP contribution in [-0.2, 0) is 16.1 Å². The molecule has 1 aromatic rings. The summed E-state index contributed by atoms with van der Waals surface area (Å²) in [5.41, 5.74) is 0.883. The molecule has 5 heteroatoms. The third-order valence-corrected chi connectivity index (χ3v) is 3.21. The molecule has 1 fully saturated rings. The van der Waals surface area contributed by atoms with Crippen LogP contribution in [0.5, 0.6) is 0 Å². The molecule has 1 N–H and O–H groups in total. The van der Waals surface area contributed by atoms with Gasteiger partial charge in [-0.2, -0.15) is 0 Å². The summed E-state index contributed by atoms with van der Waals surface area (Å²) in [7, 11) is 0. The summed E-state index contributed by atoms with van der Waals surface area (Å²) in [5.74, 6) is 1.46. The molecule has 0 aliphatic carbocycles. The molecular formula is C14H23N3O2. The Morgan fingerprint density at radius 1 is 1.32 bits per heavy atom. The van der Waals surface area contributed by atoms with Gasteiger partial charge in [0.05, 0.1) is 31.3 Å². The van der Waals surface area contributed by atoms with Crippen molar-refractivity contribution in [2.24, 2.45) is 5.92 Å². The Morgan fingerprint density at radius 3 is 2.84 bits per heavy atom. The van der Waals surface area contributed by atoms with Gasteiger partial charge in [-0.15, -0.1) is 0 Å². The molecule has 19 heavy (non-hydrogen) atoms. The van der Waals surface area contributed by atoms with Gasteiger partial charge in [-0.05, 0) is 25.2 Å². The number of rotatable bonds is 7. The van der Waals surface area contributed by atoms with Crippen LogP contribution in [-0.4, -0.2) is 36.3 Å². The highest BCUT2D eigenvalue weighted by atomic mass is 16.5. The monoisotopic (exact) mass is 265 g/mol. The normalized spacial score (nSPS) is 16.5. The molecule has 0 bridgehead atoms. The van der Waals surface area contributed by atoms with Crippen molar-refractivity contribution in [1.29, 1.82) is 0 Å². The van der Waals surface area contributed by atoms with Gasteiger partial charge in [-0.25, -0.2) is 4.98 Å². The lowest BCUT2D eigenvalue weighted by Gasteiger charge is -2.21. The van der Waals surface area contributed by atoms with Gasteiger partial charge in [0.2, 0.25) is 0 Å². The highest BCUT2D eigenvalue weighted by Gasteiger charge is 2.13. The molecule has 0 amide bonds. The van der Waals surface area contributed by atoms with Crippen LogP contribution in [0.25, 0.3) is 0 Å². The quantitative estimate of drug-likeness (QED) is 0.819. The topological polar surface area (TPSA) is 56.3 Å². The number of anilines is 1. The van der Waals surface area contributed by atoms with Gasteiger partial charge in [-0.1, -0.05) is 6.92 Å². The number of nitrogens with zero attached hydrogens (tertiary/aromatic N) is 2. The standard InChI is InChI=1S/C14H23N3O2/c1-2-5-15-14-9-16-13(8-17-14)11-19-10-12-3-6-18-7-4-12/h8-9,12H,2-7,10-11H2,1H3,(H,15,17). The van der Waals surface area contributed by atoms with E-state index in [1.807, 2.05) is 0 Å². The minimum atomic E-state index is 0.540. The molecular weight excluding hydrogens is 242 g/mol.